The number of hydrogen-bond donors (Lipinski definition) is 0. The summed E-state index contributed by atoms with van der Waals surface area (Å²) in [6.07, 6.45) is 0.959. The van der Waals surface area contributed by atoms with Gasteiger partial charge in [-0.3, -0.25) is 0 Å². The first-order valence-electron chi connectivity index (χ1n) is 3.27. The summed E-state index contributed by atoms with van der Waals surface area (Å²) in [6, 6.07) is 10.0. The van der Waals surface area contributed by atoms with E-state index in [1.54, 1.807) is 7.11 Å². The number of methoxy groups -OCH3 is 1. The van der Waals surface area contributed by atoms with Gasteiger partial charge in [0.2, 0.25) is 0 Å². The molecule has 0 fully saturated rings. The molecule has 1 nitrogen and oxygen atoms in total. The van der Waals surface area contributed by atoms with Gasteiger partial charge in [0.1, 0.15) is 0 Å². The topological polar surface area (TPSA) is 9.23 Å². The van der Waals surface area contributed by atoms with Crippen molar-refractivity contribution in [3.05, 3.63) is 42.0 Å². The molecular formula is C9H11LiO. The zero-order valence-corrected chi connectivity index (χ0v) is 7.29. The van der Waals surface area contributed by atoms with Crippen molar-refractivity contribution >= 4 is 0 Å². The summed E-state index contributed by atoms with van der Waals surface area (Å²) in [5, 5.41) is 0. The van der Waals surface area contributed by atoms with Crippen LogP contribution in [0.1, 0.15) is 12.5 Å². The van der Waals surface area contributed by atoms with Gasteiger partial charge in [-0.2, -0.15) is 17.7 Å². The van der Waals surface area contributed by atoms with Gasteiger partial charge >= 0.3 is 18.9 Å². The molecular weight excluding hydrogens is 131 g/mol. The Morgan fingerprint density at radius 2 is 1.73 bits per heavy atom. The first kappa shape index (κ1) is 10.6. The van der Waals surface area contributed by atoms with Crippen LogP contribution in [0.4, 0.5) is 0 Å². The van der Waals surface area contributed by atoms with Gasteiger partial charge in [-0.25, -0.2) is 0 Å². The summed E-state index contributed by atoms with van der Waals surface area (Å²) in [4.78, 5) is 0. The van der Waals surface area contributed by atoms with Gasteiger partial charge in [-0.05, 0) is 0 Å². The second kappa shape index (κ2) is 5.32. The summed E-state index contributed by atoms with van der Waals surface area (Å²) >= 11 is 0. The summed E-state index contributed by atoms with van der Waals surface area (Å²) in [7, 11) is 1.68. The third-order valence-electron chi connectivity index (χ3n) is 1.49. The Morgan fingerprint density at radius 3 is 2.18 bits per heavy atom. The van der Waals surface area contributed by atoms with Crippen LogP contribution in [-0.4, -0.2) is 7.11 Å². The van der Waals surface area contributed by atoms with E-state index >= 15 is 0 Å². The van der Waals surface area contributed by atoms with Crippen molar-refractivity contribution in [2.24, 2.45) is 0 Å². The van der Waals surface area contributed by atoms with Gasteiger partial charge in [-0.1, -0.05) is 19.1 Å². The van der Waals surface area contributed by atoms with Crippen molar-refractivity contribution in [1.82, 2.24) is 0 Å². The van der Waals surface area contributed by atoms with Gasteiger partial charge in [0.15, 0.2) is 0 Å². The second-order valence-electron chi connectivity index (χ2n) is 2.13. The summed E-state index contributed by atoms with van der Waals surface area (Å²) in [6.45, 7) is 1.95. The molecule has 0 radical (unpaired) electrons. The van der Waals surface area contributed by atoms with Crippen LogP contribution in [0.5, 0.6) is 0 Å². The van der Waals surface area contributed by atoms with E-state index in [-0.39, 0.29) is 18.9 Å². The van der Waals surface area contributed by atoms with Gasteiger partial charge in [-0.15, -0.1) is 12.1 Å². The average molecular weight is 142 g/mol. The second-order valence-corrected chi connectivity index (χ2v) is 2.13. The minimum atomic E-state index is 0. The molecule has 0 saturated heterocycles. The molecule has 0 unspecified atom stereocenters. The molecule has 0 heterocycles. The molecule has 0 saturated carbocycles. The van der Waals surface area contributed by atoms with Crippen LogP contribution in [0, 0.1) is 6.10 Å². The standard InChI is InChI=1S/C9H11O.Li/c1-8(10-2)9-6-4-3-5-7-9;/h3-7H,1-2H3;/q-1;+1. The molecule has 0 aliphatic heterocycles. The number of benzene rings is 1. The van der Waals surface area contributed by atoms with Gasteiger partial charge in [0.25, 0.3) is 0 Å². The Bertz CT molecular complexity index is 186. The minimum Gasteiger partial charge on any atom is -0.414 e. The van der Waals surface area contributed by atoms with Crippen molar-refractivity contribution in [1.29, 1.82) is 0 Å². The molecule has 0 atom stereocenters. The average Bonchev–Trinajstić information content (AvgIpc) is 2.05. The maximum atomic E-state index is 5.05. The fourth-order valence-corrected chi connectivity index (χ4v) is 0.791. The minimum absolute atomic E-state index is 0. The number of hydrogen-bond acceptors (Lipinski definition) is 1. The molecule has 11 heavy (non-hydrogen) atoms. The normalized spacial score (nSPS) is 8.55. The largest absolute Gasteiger partial charge is 1.00 e. The predicted octanol–water partition coefficient (Wildman–Crippen LogP) is -0.763. The zero-order valence-electron chi connectivity index (χ0n) is 7.29. The van der Waals surface area contributed by atoms with Gasteiger partial charge in [0, 0.05) is 7.11 Å². The van der Waals surface area contributed by atoms with E-state index in [1.807, 2.05) is 37.3 Å². The fourth-order valence-electron chi connectivity index (χ4n) is 0.791. The van der Waals surface area contributed by atoms with Crippen LogP contribution >= 0.6 is 0 Å². The third-order valence-corrected chi connectivity index (χ3v) is 1.49. The van der Waals surface area contributed by atoms with Crippen molar-refractivity contribution in [2.45, 2.75) is 6.92 Å². The first-order chi connectivity index (χ1) is 4.84. The van der Waals surface area contributed by atoms with Crippen molar-refractivity contribution < 1.29 is 23.6 Å². The Balaban J connectivity index is 0.000001000. The van der Waals surface area contributed by atoms with E-state index in [9.17, 15) is 0 Å². The molecule has 1 rings (SSSR count). The van der Waals surface area contributed by atoms with E-state index in [1.165, 1.54) is 0 Å². The van der Waals surface area contributed by atoms with E-state index in [0.29, 0.717) is 0 Å². The molecule has 0 aromatic heterocycles. The van der Waals surface area contributed by atoms with Crippen molar-refractivity contribution in [3.63, 3.8) is 0 Å². The molecule has 2 heteroatoms. The van der Waals surface area contributed by atoms with E-state index < -0.39 is 0 Å². The predicted molar refractivity (Wildman–Crippen MR) is 41.5 cm³/mol. The van der Waals surface area contributed by atoms with Gasteiger partial charge < -0.3 is 4.74 Å². The molecule has 54 valence electrons. The smallest absolute Gasteiger partial charge is 0.414 e. The maximum absolute atomic E-state index is 5.05. The molecule has 1 aromatic carbocycles. The Morgan fingerprint density at radius 1 is 1.18 bits per heavy atom. The molecule has 1 aromatic rings. The van der Waals surface area contributed by atoms with Crippen molar-refractivity contribution in [2.75, 3.05) is 7.11 Å². The first-order valence-corrected chi connectivity index (χ1v) is 3.27. The molecule has 0 aliphatic rings. The fraction of sp³-hybridized carbons (Fsp3) is 0.222. The molecule has 0 aliphatic carbocycles. The maximum Gasteiger partial charge on any atom is 1.00 e. The zero-order chi connectivity index (χ0) is 7.40. The van der Waals surface area contributed by atoms with Crippen LogP contribution in [0.15, 0.2) is 30.3 Å². The monoisotopic (exact) mass is 142 g/mol. The van der Waals surface area contributed by atoms with Crippen LogP contribution in [0.25, 0.3) is 0 Å². The van der Waals surface area contributed by atoms with E-state index in [4.69, 9.17) is 4.74 Å². The molecule has 0 amide bonds. The van der Waals surface area contributed by atoms with E-state index in [0.717, 1.165) is 11.7 Å². The molecule has 0 bridgehead atoms. The van der Waals surface area contributed by atoms with Crippen LogP contribution in [0.3, 0.4) is 0 Å². The Kier molecular flexibility index (Phi) is 5.15. The van der Waals surface area contributed by atoms with Crippen LogP contribution in [-0.2, 0) is 4.74 Å². The van der Waals surface area contributed by atoms with Crippen LogP contribution in [0.2, 0.25) is 0 Å². The third kappa shape index (κ3) is 3.03. The van der Waals surface area contributed by atoms with E-state index in [2.05, 4.69) is 0 Å². The summed E-state index contributed by atoms with van der Waals surface area (Å²) < 4.78 is 5.05. The van der Waals surface area contributed by atoms with Crippen LogP contribution < -0.4 is 18.9 Å². The summed E-state index contributed by atoms with van der Waals surface area (Å²) in [5.74, 6) is 0. The Labute approximate surface area is 79.9 Å². The number of ether oxygens (including phenoxy) is 1. The Hall–Kier alpha value is -0.353. The summed E-state index contributed by atoms with van der Waals surface area (Å²) in [5.41, 5.74) is 1.14. The SMILES string of the molecule is CO[C-](C)c1ccccc1.[Li+]. The van der Waals surface area contributed by atoms with Gasteiger partial charge in [0.05, 0.1) is 0 Å². The quantitative estimate of drug-likeness (QED) is 0.389. The number of rotatable bonds is 2. The molecule has 0 spiro atoms. The molecule has 0 N–H and O–H groups in total. The van der Waals surface area contributed by atoms with Crippen molar-refractivity contribution in [3.8, 4) is 0 Å².